The Morgan fingerprint density at radius 2 is 1.74 bits per heavy atom. The lowest BCUT2D eigenvalue weighted by atomic mass is 10.1. The van der Waals surface area contributed by atoms with Crippen molar-refractivity contribution < 1.29 is 8.42 Å². The van der Waals surface area contributed by atoms with E-state index in [9.17, 15) is 8.42 Å². The van der Waals surface area contributed by atoms with Crippen LogP contribution in [0.4, 0.5) is 5.82 Å². The van der Waals surface area contributed by atoms with Crippen molar-refractivity contribution in [3.05, 3.63) is 93.4 Å². The molecule has 2 N–H and O–H groups in total. The molecule has 0 aliphatic heterocycles. The molecule has 0 unspecified atom stereocenters. The fourth-order valence-electron chi connectivity index (χ4n) is 3.50. The molecule has 0 atom stereocenters. The summed E-state index contributed by atoms with van der Waals surface area (Å²) >= 11 is 9.98. The van der Waals surface area contributed by atoms with Crippen LogP contribution in [0.15, 0.2) is 82.8 Å². The van der Waals surface area contributed by atoms with Crippen molar-refractivity contribution in [1.82, 2.24) is 14.3 Å². The van der Waals surface area contributed by atoms with Gasteiger partial charge in [-0.3, -0.25) is 0 Å². The monoisotopic (exact) mass is 558 g/mol. The van der Waals surface area contributed by atoms with Gasteiger partial charge in [-0.05, 0) is 64.2 Å². The van der Waals surface area contributed by atoms with Gasteiger partial charge in [0.05, 0.1) is 16.2 Å². The third-order valence-electron chi connectivity index (χ3n) is 5.21. The minimum atomic E-state index is -3.47. The van der Waals surface area contributed by atoms with Gasteiger partial charge in [-0.15, -0.1) is 0 Å². The number of hydrogen-bond acceptors (Lipinski definition) is 4. The molecule has 4 aromatic rings. The molecule has 6 nitrogen and oxygen atoms in total. The predicted molar refractivity (Wildman–Crippen MR) is 143 cm³/mol. The number of fused-ring (bicyclic) bond motifs is 1. The summed E-state index contributed by atoms with van der Waals surface area (Å²) in [4.78, 5) is 0. The number of pyridine rings is 1. The van der Waals surface area contributed by atoms with E-state index in [1.54, 1.807) is 12.3 Å². The van der Waals surface area contributed by atoms with Crippen molar-refractivity contribution >= 4 is 55.0 Å². The van der Waals surface area contributed by atoms with Gasteiger partial charge >= 0.3 is 0 Å². The van der Waals surface area contributed by atoms with E-state index in [0.29, 0.717) is 24.5 Å². The molecular weight excluding hydrogens is 536 g/mol. The van der Waals surface area contributed by atoms with E-state index in [1.807, 2.05) is 71.2 Å². The van der Waals surface area contributed by atoms with Crippen LogP contribution in [-0.4, -0.2) is 31.1 Å². The normalized spacial score (nSPS) is 11.9. The molecule has 34 heavy (non-hydrogen) atoms. The van der Waals surface area contributed by atoms with Gasteiger partial charge in [0.25, 0.3) is 0 Å². The Kier molecular flexibility index (Phi) is 8.05. The summed E-state index contributed by atoms with van der Waals surface area (Å²) in [5.74, 6) is 0.837. The lowest BCUT2D eigenvalue weighted by Crippen LogP contribution is -2.22. The minimum Gasteiger partial charge on any atom is -0.370 e. The number of nitrogens with one attached hydrogen (secondary N) is 2. The molecule has 4 rings (SSSR count). The third-order valence-corrected chi connectivity index (χ3v) is 7.25. The van der Waals surface area contributed by atoms with E-state index in [4.69, 9.17) is 11.6 Å². The number of sulfonamides is 1. The van der Waals surface area contributed by atoms with Gasteiger partial charge in [-0.25, -0.2) is 17.7 Å². The Morgan fingerprint density at radius 1 is 1.00 bits per heavy atom. The highest BCUT2D eigenvalue weighted by atomic mass is 79.9. The van der Waals surface area contributed by atoms with E-state index >= 15 is 0 Å². The molecule has 0 aliphatic carbocycles. The molecule has 0 spiro atoms. The summed E-state index contributed by atoms with van der Waals surface area (Å²) in [7, 11) is -3.47. The van der Waals surface area contributed by atoms with E-state index in [-0.39, 0.29) is 0 Å². The molecule has 0 amide bonds. The van der Waals surface area contributed by atoms with E-state index in [2.05, 4.69) is 31.1 Å². The topological polar surface area (TPSA) is 75.5 Å². The fourth-order valence-corrected chi connectivity index (χ4v) is 4.98. The lowest BCUT2D eigenvalue weighted by molar-refractivity contribution is 0.587. The number of hydrogen-bond donors (Lipinski definition) is 2. The SMILES string of the molecule is O=S(=O)(C=Cc1ccccc1)NCCCCNc1cc(-c2ccccc2Cl)cc2c(Br)cnn12. The van der Waals surface area contributed by atoms with Crippen molar-refractivity contribution in [1.29, 1.82) is 0 Å². The Labute approximate surface area is 212 Å². The summed E-state index contributed by atoms with van der Waals surface area (Å²) in [6, 6.07) is 21.1. The van der Waals surface area contributed by atoms with Crippen LogP contribution in [0.3, 0.4) is 0 Å². The second-order valence-corrected chi connectivity index (χ2v) is 10.6. The molecule has 0 fully saturated rings. The van der Waals surface area contributed by atoms with Crippen molar-refractivity contribution in [2.75, 3.05) is 18.4 Å². The Balaban J connectivity index is 1.34. The van der Waals surface area contributed by atoms with Crippen LogP contribution in [0.25, 0.3) is 22.7 Å². The average Bonchev–Trinajstić information content (AvgIpc) is 3.21. The summed E-state index contributed by atoms with van der Waals surface area (Å²) in [5, 5.41) is 9.75. The van der Waals surface area contributed by atoms with Crippen LogP contribution in [-0.2, 0) is 10.0 Å². The number of unbranched alkanes of at least 4 members (excludes halogenated alkanes) is 1. The van der Waals surface area contributed by atoms with Crippen molar-refractivity contribution in [3.63, 3.8) is 0 Å². The number of benzene rings is 2. The third kappa shape index (κ3) is 6.27. The van der Waals surface area contributed by atoms with Gasteiger partial charge in [-0.1, -0.05) is 60.1 Å². The Bertz CT molecular complexity index is 1410. The van der Waals surface area contributed by atoms with Crippen LogP contribution in [0.2, 0.25) is 5.02 Å². The summed E-state index contributed by atoms with van der Waals surface area (Å²) in [6.45, 7) is 1.03. The maximum absolute atomic E-state index is 12.2. The summed E-state index contributed by atoms with van der Waals surface area (Å²) in [6.07, 6.45) is 4.82. The van der Waals surface area contributed by atoms with Gasteiger partial charge in [0, 0.05) is 29.1 Å². The van der Waals surface area contributed by atoms with Gasteiger partial charge in [0.15, 0.2) is 0 Å². The summed E-state index contributed by atoms with van der Waals surface area (Å²) < 4.78 is 29.7. The first-order chi connectivity index (χ1) is 16.4. The van der Waals surface area contributed by atoms with Crippen LogP contribution in [0, 0.1) is 0 Å². The molecule has 2 heterocycles. The van der Waals surface area contributed by atoms with E-state index < -0.39 is 10.0 Å². The highest BCUT2D eigenvalue weighted by Crippen LogP contribution is 2.32. The van der Waals surface area contributed by atoms with E-state index in [1.165, 1.54) is 5.41 Å². The van der Waals surface area contributed by atoms with Gasteiger partial charge in [0.2, 0.25) is 10.0 Å². The molecule has 176 valence electrons. The number of nitrogens with zero attached hydrogens (tertiary/aromatic N) is 2. The highest BCUT2D eigenvalue weighted by molar-refractivity contribution is 9.10. The molecule has 2 aromatic carbocycles. The first-order valence-corrected chi connectivity index (χ1v) is 13.5. The van der Waals surface area contributed by atoms with Gasteiger partial charge in [0.1, 0.15) is 5.82 Å². The zero-order valence-corrected chi connectivity index (χ0v) is 21.4. The first-order valence-electron chi connectivity index (χ1n) is 10.8. The fraction of sp³-hybridized carbons (Fsp3) is 0.160. The van der Waals surface area contributed by atoms with Crippen molar-refractivity contribution in [3.8, 4) is 11.1 Å². The smallest absolute Gasteiger partial charge is 0.233 e. The quantitative estimate of drug-likeness (QED) is 0.227. The maximum Gasteiger partial charge on any atom is 0.233 e. The number of rotatable bonds is 10. The second-order valence-electron chi connectivity index (χ2n) is 7.69. The molecule has 0 saturated carbocycles. The standard InChI is InChI=1S/C25H24BrClN4O2S/c26-22-18-29-31-24(22)16-20(21-10-4-5-11-23(21)27)17-25(31)28-13-6-7-14-30-34(32,33)15-12-19-8-2-1-3-9-19/h1-5,8-12,15-18,28,30H,6-7,13-14H2. The molecule has 0 saturated heterocycles. The largest absolute Gasteiger partial charge is 0.370 e. The zero-order chi connectivity index (χ0) is 24.0. The lowest BCUT2D eigenvalue weighted by Gasteiger charge is -2.12. The van der Waals surface area contributed by atoms with E-state index in [0.717, 1.165) is 38.9 Å². The van der Waals surface area contributed by atoms with Crippen LogP contribution in [0.1, 0.15) is 18.4 Å². The van der Waals surface area contributed by atoms with Gasteiger partial charge in [-0.2, -0.15) is 5.10 Å². The second kappa shape index (κ2) is 11.2. The molecule has 9 heteroatoms. The van der Waals surface area contributed by atoms with Crippen LogP contribution in [0.5, 0.6) is 0 Å². The highest BCUT2D eigenvalue weighted by Gasteiger charge is 2.11. The van der Waals surface area contributed by atoms with Crippen molar-refractivity contribution in [2.24, 2.45) is 0 Å². The predicted octanol–water partition coefficient (Wildman–Crippen LogP) is 6.20. The number of anilines is 1. The summed E-state index contributed by atoms with van der Waals surface area (Å²) in [5.41, 5.74) is 3.70. The van der Waals surface area contributed by atoms with Gasteiger partial charge < -0.3 is 5.32 Å². The minimum absolute atomic E-state index is 0.367. The molecule has 0 radical (unpaired) electrons. The zero-order valence-electron chi connectivity index (χ0n) is 18.3. The first kappa shape index (κ1) is 24.5. The molecule has 0 aliphatic rings. The molecular formula is C25H24BrClN4O2S. The average molecular weight is 560 g/mol. The Hall–Kier alpha value is -2.65. The molecule has 2 aromatic heterocycles. The Morgan fingerprint density at radius 3 is 2.53 bits per heavy atom. The van der Waals surface area contributed by atoms with Crippen molar-refractivity contribution in [2.45, 2.75) is 12.8 Å². The molecule has 0 bridgehead atoms. The maximum atomic E-state index is 12.2. The number of aromatic nitrogens is 2. The van der Waals surface area contributed by atoms with Crippen LogP contribution >= 0.6 is 27.5 Å². The van der Waals surface area contributed by atoms with Crippen LogP contribution < -0.4 is 10.0 Å². The number of halogens is 2.